The van der Waals surface area contributed by atoms with Crippen LogP contribution >= 0.6 is 0 Å². The standard InChI is InChI=1S/C23H25N3O3/c27-20-15-18(16-26(20)19-11-5-2-6-12-19)22(28)24-21(17-9-3-1-4-10-17)23(29)25-13-7-8-14-25/h1-6,9-12,18,21H,7-8,13-16H2,(H,24,28). The van der Waals surface area contributed by atoms with E-state index in [4.69, 9.17) is 0 Å². The first-order chi connectivity index (χ1) is 14.1. The van der Waals surface area contributed by atoms with Gasteiger partial charge in [-0.15, -0.1) is 0 Å². The molecule has 0 spiro atoms. The van der Waals surface area contributed by atoms with E-state index in [-0.39, 0.29) is 24.1 Å². The van der Waals surface area contributed by atoms with Crippen LogP contribution < -0.4 is 10.2 Å². The van der Waals surface area contributed by atoms with Crippen LogP contribution in [0.15, 0.2) is 60.7 Å². The molecule has 0 bridgehead atoms. The van der Waals surface area contributed by atoms with E-state index in [0.29, 0.717) is 6.54 Å². The van der Waals surface area contributed by atoms with Gasteiger partial charge in [-0.05, 0) is 30.5 Å². The quantitative estimate of drug-likeness (QED) is 0.852. The zero-order valence-corrected chi connectivity index (χ0v) is 16.3. The lowest BCUT2D eigenvalue weighted by Gasteiger charge is -2.25. The summed E-state index contributed by atoms with van der Waals surface area (Å²) in [5.41, 5.74) is 1.56. The lowest BCUT2D eigenvalue weighted by Crippen LogP contribution is -2.44. The number of rotatable bonds is 5. The molecule has 0 aliphatic carbocycles. The summed E-state index contributed by atoms with van der Waals surface area (Å²) < 4.78 is 0. The van der Waals surface area contributed by atoms with Crippen LogP contribution in [0.1, 0.15) is 30.9 Å². The molecule has 2 fully saturated rings. The van der Waals surface area contributed by atoms with Gasteiger partial charge in [0.2, 0.25) is 17.7 Å². The van der Waals surface area contributed by atoms with Gasteiger partial charge < -0.3 is 15.1 Å². The summed E-state index contributed by atoms with van der Waals surface area (Å²) in [4.78, 5) is 42.0. The van der Waals surface area contributed by atoms with Crippen molar-refractivity contribution in [1.29, 1.82) is 0 Å². The Morgan fingerprint density at radius 3 is 2.21 bits per heavy atom. The number of carbonyl (C=O) groups excluding carboxylic acids is 3. The lowest BCUT2D eigenvalue weighted by molar-refractivity contribution is -0.136. The van der Waals surface area contributed by atoms with E-state index >= 15 is 0 Å². The summed E-state index contributed by atoms with van der Waals surface area (Å²) in [6.07, 6.45) is 2.13. The smallest absolute Gasteiger partial charge is 0.249 e. The van der Waals surface area contributed by atoms with Crippen LogP contribution in [0, 0.1) is 5.92 Å². The maximum Gasteiger partial charge on any atom is 0.249 e. The van der Waals surface area contributed by atoms with Crippen molar-refractivity contribution >= 4 is 23.4 Å². The Morgan fingerprint density at radius 2 is 1.55 bits per heavy atom. The number of nitrogens with zero attached hydrogens (tertiary/aromatic N) is 2. The molecule has 6 nitrogen and oxygen atoms in total. The molecule has 0 radical (unpaired) electrons. The fourth-order valence-corrected chi connectivity index (χ4v) is 4.05. The number of hydrogen-bond donors (Lipinski definition) is 1. The molecule has 29 heavy (non-hydrogen) atoms. The van der Waals surface area contributed by atoms with E-state index in [0.717, 1.165) is 37.2 Å². The first-order valence-electron chi connectivity index (χ1n) is 10.1. The zero-order valence-electron chi connectivity index (χ0n) is 16.3. The van der Waals surface area contributed by atoms with Crippen LogP contribution in [-0.4, -0.2) is 42.3 Å². The second-order valence-corrected chi connectivity index (χ2v) is 7.63. The highest BCUT2D eigenvalue weighted by atomic mass is 16.2. The van der Waals surface area contributed by atoms with Gasteiger partial charge in [-0.3, -0.25) is 14.4 Å². The average Bonchev–Trinajstić information content (AvgIpc) is 3.43. The van der Waals surface area contributed by atoms with Gasteiger partial charge in [-0.2, -0.15) is 0 Å². The maximum absolute atomic E-state index is 13.1. The van der Waals surface area contributed by atoms with E-state index in [9.17, 15) is 14.4 Å². The highest BCUT2D eigenvalue weighted by Crippen LogP contribution is 2.26. The first-order valence-corrected chi connectivity index (χ1v) is 10.1. The normalized spacial score (nSPS) is 20.0. The van der Waals surface area contributed by atoms with Crippen molar-refractivity contribution in [2.24, 2.45) is 5.92 Å². The highest BCUT2D eigenvalue weighted by Gasteiger charge is 2.37. The topological polar surface area (TPSA) is 69.7 Å². The van der Waals surface area contributed by atoms with Crippen molar-refractivity contribution in [2.45, 2.75) is 25.3 Å². The van der Waals surface area contributed by atoms with Gasteiger partial charge >= 0.3 is 0 Å². The second-order valence-electron chi connectivity index (χ2n) is 7.63. The minimum atomic E-state index is -0.720. The van der Waals surface area contributed by atoms with Crippen molar-refractivity contribution in [3.05, 3.63) is 66.2 Å². The Hall–Kier alpha value is -3.15. The third kappa shape index (κ3) is 4.16. The van der Waals surface area contributed by atoms with Gasteiger partial charge in [-0.1, -0.05) is 48.5 Å². The minimum Gasteiger partial charge on any atom is -0.341 e. The molecule has 2 aromatic rings. The van der Waals surface area contributed by atoms with Crippen LogP contribution in [0.3, 0.4) is 0 Å². The third-order valence-corrected chi connectivity index (χ3v) is 5.65. The van der Waals surface area contributed by atoms with E-state index in [1.807, 2.05) is 65.6 Å². The molecule has 2 heterocycles. The number of carbonyl (C=O) groups is 3. The number of anilines is 1. The van der Waals surface area contributed by atoms with Crippen molar-refractivity contribution in [3.63, 3.8) is 0 Å². The van der Waals surface area contributed by atoms with E-state index in [2.05, 4.69) is 5.32 Å². The number of benzene rings is 2. The minimum absolute atomic E-state index is 0.0709. The van der Waals surface area contributed by atoms with Crippen LogP contribution in [0.2, 0.25) is 0 Å². The van der Waals surface area contributed by atoms with Crippen LogP contribution in [0.4, 0.5) is 5.69 Å². The fraction of sp³-hybridized carbons (Fsp3) is 0.348. The molecule has 0 saturated carbocycles. The van der Waals surface area contributed by atoms with Gasteiger partial charge in [0.1, 0.15) is 6.04 Å². The largest absolute Gasteiger partial charge is 0.341 e. The number of hydrogen-bond acceptors (Lipinski definition) is 3. The van der Waals surface area contributed by atoms with Crippen molar-refractivity contribution in [2.75, 3.05) is 24.5 Å². The maximum atomic E-state index is 13.1. The van der Waals surface area contributed by atoms with Crippen LogP contribution in [0.5, 0.6) is 0 Å². The van der Waals surface area contributed by atoms with Crippen molar-refractivity contribution in [1.82, 2.24) is 10.2 Å². The molecule has 1 N–H and O–H groups in total. The van der Waals surface area contributed by atoms with Gasteiger partial charge in [0, 0.05) is 31.7 Å². The molecule has 4 rings (SSSR count). The Balaban J connectivity index is 1.49. The van der Waals surface area contributed by atoms with Gasteiger partial charge in [0.25, 0.3) is 0 Å². The summed E-state index contributed by atoms with van der Waals surface area (Å²) in [7, 11) is 0. The lowest BCUT2D eigenvalue weighted by atomic mass is 10.0. The van der Waals surface area contributed by atoms with Crippen molar-refractivity contribution < 1.29 is 14.4 Å². The first kappa shape index (κ1) is 19.2. The predicted molar refractivity (Wildman–Crippen MR) is 110 cm³/mol. The van der Waals surface area contributed by atoms with Crippen LogP contribution in [-0.2, 0) is 14.4 Å². The fourth-order valence-electron chi connectivity index (χ4n) is 4.05. The Labute approximate surface area is 170 Å². The van der Waals surface area contributed by atoms with Gasteiger partial charge in [-0.25, -0.2) is 0 Å². The Kier molecular flexibility index (Phi) is 5.60. The second kappa shape index (κ2) is 8.47. The number of amides is 3. The molecule has 2 unspecified atom stereocenters. The molecular formula is C23H25N3O3. The third-order valence-electron chi connectivity index (χ3n) is 5.65. The summed E-state index contributed by atoms with van der Waals surface area (Å²) in [5, 5.41) is 2.94. The molecular weight excluding hydrogens is 366 g/mol. The molecule has 3 amide bonds. The Morgan fingerprint density at radius 1 is 0.931 bits per heavy atom. The molecule has 2 atom stereocenters. The van der Waals surface area contributed by atoms with E-state index in [1.54, 1.807) is 4.90 Å². The molecule has 2 aromatic carbocycles. The van der Waals surface area contributed by atoms with Crippen LogP contribution in [0.25, 0.3) is 0 Å². The Bertz CT molecular complexity index is 879. The van der Waals surface area contributed by atoms with Gasteiger partial charge in [0.05, 0.1) is 5.92 Å². The highest BCUT2D eigenvalue weighted by molar-refractivity contribution is 6.01. The SMILES string of the molecule is O=C(NC(C(=O)N1CCCC1)c1ccccc1)C1CC(=O)N(c2ccccc2)C1. The average molecular weight is 391 g/mol. The monoisotopic (exact) mass is 391 g/mol. The number of nitrogens with one attached hydrogen (secondary N) is 1. The summed E-state index contributed by atoms with van der Waals surface area (Å²) in [6.45, 7) is 1.78. The predicted octanol–water partition coefficient (Wildman–Crippen LogP) is 2.52. The van der Waals surface area contributed by atoms with Gasteiger partial charge in [0.15, 0.2) is 0 Å². The summed E-state index contributed by atoms with van der Waals surface area (Å²) >= 11 is 0. The molecule has 2 aliphatic heterocycles. The number of para-hydroxylation sites is 1. The summed E-state index contributed by atoms with van der Waals surface area (Å²) in [6, 6.07) is 18.0. The molecule has 6 heteroatoms. The van der Waals surface area contributed by atoms with E-state index in [1.165, 1.54) is 0 Å². The number of likely N-dealkylation sites (tertiary alicyclic amines) is 1. The molecule has 2 saturated heterocycles. The zero-order chi connectivity index (χ0) is 20.2. The summed E-state index contributed by atoms with van der Waals surface area (Å²) in [5.74, 6) is -0.872. The molecule has 150 valence electrons. The molecule has 0 aromatic heterocycles. The van der Waals surface area contributed by atoms with Crippen molar-refractivity contribution in [3.8, 4) is 0 Å². The van der Waals surface area contributed by atoms with E-state index < -0.39 is 12.0 Å². The molecule has 2 aliphatic rings.